The van der Waals surface area contributed by atoms with E-state index in [1.54, 1.807) is 0 Å². The van der Waals surface area contributed by atoms with Gasteiger partial charge in [0.15, 0.2) is 0 Å². The van der Waals surface area contributed by atoms with Gasteiger partial charge in [0, 0.05) is 10.6 Å². The van der Waals surface area contributed by atoms with Crippen LogP contribution in [0.15, 0.2) is 22.6 Å². The Morgan fingerprint density at radius 1 is 1.14 bits per heavy atom. The minimum absolute atomic E-state index is 1.02. The van der Waals surface area contributed by atoms with Gasteiger partial charge in [-0.15, -0.1) is 0 Å². The van der Waals surface area contributed by atoms with Crippen molar-refractivity contribution in [2.24, 2.45) is 0 Å². The first-order chi connectivity index (χ1) is 6.86. The highest BCUT2D eigenvalue weighted by Gasteiger charge is 2.06. The molecular formula is C13H12O. The van der Waals surface area contributed by atoms with E-state index in [0.717, 1.165) is 23.8 Å². The third kappa shape index (κ3) is 0.955. The van der Waals surface area contributed by atoms with Crippen molar-refractivity contribution < 1.29 is 4.42 Å². The lowest BCUT2D eigenvalue weighted by Crippen LogP contribution is -2.22. The predicted octanol–water partition coefficient (Wildman–Crippen LogP) is 2.10. The molecule has 14 heavy (non-hydrogen) atoms. The van der Waals surface area contributed by atoms with Gasteiger partial charge in [0.1, 0.15) is 11.0 Å². The van der Waals surface area contributed by atoms with Crippen LogP contribution in [0.5, 0.6) is 0 Å². The number of hydrogen-bond acceptors (Lipinski definition) is 1. The summed E-state index contributed by atoms with van der Waals surface area (Å²) < 4.78 is 5.78. The summed E-state index contributed by atoms with van der Waals surface area (Å²) in [4.78, 5) is 0. The number of benzene rings is 1. The van der Waals surface area contributed by atoms with Crippen molar-refractivity contribution in [2.75, 3.05) is 0 Å². The molecule has 1 aromatic heterocycles. The van der Waals surface area contributed by atoms with Crippen molar-refractivity contribution in [3.8, 4) is 0 Å². The summed E-state index contributed by atoms with van der Waals surface area (Å²) in [7, 11) is 0. The summed E-state index contributed by atoms with van der Waals surface area (Å²) >= 11 is 0. The topological polar surface area (TPSA) is 13.1 Å². The fourth-order valence-corrected chi connectivity index (χ4v) is 2.16. The lowest BCUT2D eigenvalue weighted by Gasteiger charge is -1.94. The molecule has 0 aliphatic heterocycles. The molecule has 3 rings (SSSR count). The molecule has 0 saturated carbocycles. The number of rotatable bonds is 0. The quantitative estimate of drug-likeness (QED) is 0.611. The summed E-state index contributed by atoms with van der Waals surface area (Å²) in [5.74, 6) is 0. The van der Waals surface area contributed by atoms with Gasteiger partial charge in [-0.3, -0.25) is 0 Å². The Bertz CT molecular complexity index is 602. The van der Waals surface area contributed by atoms with Gasteiger partial charge in [-0.05, 0) is 37.5 Å². The number of hydrogen-bond donors (Lipinski definition) is 0. The molecule has 1 heterocycles. The minimum Gasteiger partial charge on any atom is -0.456 e. The van der Waals surface area contributed by atoms with E-state index in [1.165, 1.54) is 16.2 Å². The molecule has 0 saturated heterocycles. The average molecular weight is 184 g/mol. The third-order valence-corrected chi connectivity index (χ3v) is 2.83. The second-order valence-corrected chi connectivity index (χ2v) is 3.81. The van der Waals surface area contributed by atoms with Gasteiger partial charge in [0.05, 0.1) is 0 Å². The Hall–Kier alpha value is -1.50. The number of aryl methyl sites for hydroxylation is 1. The Balaban J connectivity index is 2.64. The van der Waals surface area contributed by atoms with Crippen LogP contribution in [0.4, 0.5) is 0 Å². The fourth-order valence-electron chi connectivity index (χ4n) is 2.16. The third-order valence-electron chi connectivity index (χ3n) is 2.83. The van der Waals surface area contributed by atoms with Gasteiger partial charge in [-0.2, -0.15) is 0 Å². The molecule has 2 aromatic rings. The summed E-state index contributed by atoms with van der Waals surface area (Å²) in [5, 5.41) is 2.59. The van der Waals surface area contributed by atoms with Crippen LogP contribution in [0.25, 0.3) is 23.1 Å². The van der Waals surface area contributed by atoms with E-state index >= 15 is 0 Å². The molecule has 0 spiro atoms. The maximum Gasteiger partial charge on any atom is 0.135 e. The van der Waals surface area contributed by atoms with E-state index in [0.29, 0.717) is 0 Å². The SMILES string of the molecule is Cc1cccc2oc3c(c12)=CCCC=3. The Morgan fingerprint density at radius 2 is 2.00 bits per heavy atom. The Kier molecular flexibility index (Phi) is 1.54. The van der Waals surface area contributed by atoms with Gasteiger partial charge >= 0.3 is 0 Å². The van der Waals surface area contributed by atoms with E-state index in [4.69, 9.17) is 4.42 Å². The van der Waals surface area contributed by atoms with E-state index < -0.39 is 0 Å². The number of furan rings is 1. The zero-order valence-corrected chi connectivity index (χ0v) is 8.21. The zero-order valence-electron chi connectivity index (χ0n) is 8.21. The van der Waals surface area contributed by atoms with Crippen LogP contribution >= 0.6 is 0 Å². The maximum absolute atomic E-state index is 5.78. The molecule has 0 fully saturated rings. The van der Waals surface area contributed by atoms with Crippen molar-refractivity contribution >= 4 is 23.1 Å². The van der Waals surface area contributed by atoms with Gasteiger partial charge < -0.3 is 4.42 Å². The highest BCUT2D eigenvalue weighted by molar-refractivity contribution is 5.82. The standard InChI is InChI=1S/C13H12O/c1-9-5-4-8-12-13(9)10-6-2-3-7-11(10)14-12/h4-8H,2-3H2,1H3. The van der Waals surface area contributed by atoms with E-state index in [-0.39, 0.29) is 0 Å². The minimum atomic E-state index is 1.02. The molecule has 0 atom stereocenters. The van der Waals surface area contributed by atoms with E-state index in [1.807, 2.05) is 12.1 Å². The van der Waals surface area contributed by atoms with Crippen molar-refractivity contribution in [2.45, 2.75) is 19.8 Å². The molecule has 0 amide bonds. The summed E-state index contributed by atoms with van der Waals surface area (Å²) in [6.07, 6.45) is 6.71. The van der Waals surface area contributed by atoms with Crippen molar-refractivity contribution in [1.29, 1.82) is 0 Å². The van der Waals surface area contributed by atoms with Gasteiger partial charge in [0.2, 0.25) is 0 Å². The van der Waals surface area contributed by atoms with Crippen LogP contribution in [0.1, 0.15) is 18.4 Å². The van der Waals surface area contributed by atoms with Crippen molar-refractivity contribution in [3.63, 3.8) is 0 Å². The molecule has 70 valence electrons. The second kappa shape index (κ2) is 2.74. The molecular weight excluding hydrogens is 172 g/mol. The molecule has 0 bridgehead atoms. The van der Waals surface area contributed by atoms with E-state index in [9.17, 15) is 0 Å². The molecule has 0 unspecified atom stereocenters. The first kappa shape index (κ1) is 7.86. The Morgan fingerprint density at radius 3 is 2.93 bits per heavy atom. The molecule has 0 N–H and O–H groups in total. The zero-order chi connectivity index (χ0) is 9.54. The smallest absolute Gasteiger partial charge is 0.135 e. The summed E-state index contributed by atoms with van der Waals surface area (Å²) in [5.41, 5.74) is 3.38. The summed E-state index contributed by atoms with van der Waals surface area (Å²) in [6.45, 7) is 2.14. The van der Waals surface area contributed by atoms with Crippen LogP contribution in [-0.2, 0) is 0 Å². The largest absolute Gasteiger partial charge is 0.456 e. The number of fused-ring (bicyclic) bond motifs is 3. The lowest BCUT2D eigenvalue weighted by molar-refractivity contribution is 0.571. The second-order valence-electron chi connectivity index (χ2n) is 3.81. The first-order valence-electron chi connectivity index (χ1n) is 5.05. The molecule has 1 heteroatoms. The molecule has 1 aliphatic rings. The van der Waals surface area contributed by atoms with Gasteiger partial charge in [0.25, 0.3) is 0 Å². The van der Waals surface area contributed by atoms with Crippen molar-refractivity contribution in [3.05, 3.63) is 34.4 Å². The Labute approximate surface area is 82.3 Å². The fraction of sp³-hybridized carbons (Fsp3) is 0.231. The monoisotopic (exact) mass is 184 g/mol. The first-order valence-corrected chi connectivity index (χ1v) is 5.05. The van der Waals surface area contributed by atoms with Gasteiger partial charge in [-0.25, -0.2) is 0 Å². The predicted molar refractivity (Wildman–Crippen MR) is 58.4 cm³/mol. The van der Waals surface area contributed by atoms with Crippen molar-refractivity contribution in [1.82, 2.24) is 0 Å². The van der Waals surface area contributed by atoms with Crippen LogP contribution < -0.4 is 10.6 Å². The summed E-state index contributed by atoms with van der Waals surface area (Å²) in [6, 6.07) is 6.23. The highest BCUT2D eigenvalue weighted by atomic mass is 16.3. The van der Waals surface area contributed by atoms with Gasteiger partial charge in [-0.1, -0.05) is 18.2 Å². The average Bonchev–Trinajstić information content (AvgIpc) is 2.57. The molecule has 1 aromatic carbocycles. The molecule has 0 radical (unpaired) electrons. The van der Waals surface area contributed by atoms with Crippen LogP contribution in [0.3, 0.4) is 0 Å². The van der Waals surface area contributed by atoms with E-state index in [2.05, 4.69) is 25.1 Å². The maximum atomic E-state index is 5.78. The van der Waals surface area contributed by atoms with Crippen LogP contribution in [0.2, 0.25) is 0 Å². The molecule has 1 nitrogen and oxygen atoms in total. The van der Waals surface area contributed by atoms with Crippen LogP contribution in [-0.4, -0.2) is 0 Å². The normalized spacial score (nSPS) is 14.6. The lowest BCUT2D eigenvalue weighted by atomic mass is 10.1. The van der Waals surface area contributed by atoms with Crippen LogP contribution in [0, 0.1) is 6.92 Å². The molecule has 1 aliphatic carbocycles. The highest BCUT2D eigenvalue weighted by Crippen LogP contribution is 2.14.